The quantitative estimate of drug-likeness (QED) is 0.549. The second-order valence-electron chi connectivity index (χ2n) is 11.6. The first-order valence-corrected chi connectivity index (χ1v) is 11.3. The van der Waals surface area contributed by atoms with Crippen molar-refractivity contribution in [2.24, 2.45) is 51.8 Å². The minimum Gasteiger partial charge on any atom is -0.300 e. The Kier molecular flexibility index (Phi) is 3.45. The van der Waals surface area contributed by atoms with Gasteiger partial charge in [-0.25, -0.2) is 0 Å². The fourth-order valence-electron chi connectivity index (χ4n) is 9.22. The number of ketones is 1. The van der Waals surface area contributed by atoms with Crippen LogP contribution in [0.3, 0.4) is 0 Å². The van der Waals surface area contributed by atoms with Crippen LogP contribution in [0.5, 0.6) is 0 Å². The lowest BCUT2D eigenvalue weighted by Crippen LogP contribution is -2.54. The molecule has 0 amide bonds. The van der Waals surface area contributed by atoms with Gasteiger partial charge in [-0.15, -0.1) is 0 Å². The Morgan fingerprint density at radius 1 is 0.840 bits per heavy atom. The van der Waals surface area contributed by atoms with Gasteiger partial charge in [-0.3, -0.25) is 4.79 Å². The number of hydrogen-bond donors (Lipinski definition) is 0. The van der Waals surface area contributed by atoms with E-state index in [0.717, 1.165) is 35.0 Å². The first kappa shape index (κ1) is 16.8. The molecule has 5 saturated carbocycles. The second-order valence-corrected chi connectivity index (χ2v) is 11.6. The van der Waals surface area contributed by atoms with E-state index in [2.05, 4.69) is 20.8 Å². The minimum atomic E-state index is 0.330. The van der Waals surface area contributed by atoms with Gasteiger partial charge in [0.05, 0.1) is 0 Å². The molecule has 1 nitrogen and oxygen atoms in total. The van der Waals surface area contributed by atoms with E-state index in [0.29, 0.717) is 22.5 Å². The third-order valence-corrected chi connectivity index (χ3v) is 11.0. The molecule has 0 saturated heterocycles. The summed E-state index contributed by atoms with van der Waals surface area (Å²) in [4.78, 5) is 12.3. The van der Waals surface area contributed by atoms with Crippen LogP contribution in [0.15, 0.2) is 0 Å². The molecule has 1 spiro atoms. The van der Waals surface area contributed by atoms with E-state index in [1.165, 1.54) is 57.8 Å². The Hall–Kier alpha value is -0.330. The Balaban J connectivity index is 1.41. The summed E-state index contributed by atoms with van der Waals surface area (Å²) in [7, 11) is 0. The van der Waals surface area contributed by atoms with Gasteiger partial charge in [0.25, 0.3) is 0 Å². The average Bonchev–Trinajstić information content (AvgIpc) is 3.01. The smallest absolute Gasteiger partial charge is 0.133 e. The molecule has 5 aliphatic rings. The molecular formula is C24H38O. The molecule has 0 N–H and O–H groups in total. The van der Waals surface area contributed by atoms with Crippen LogP contribution in [0.25, 0.3) is 0 Å². The molecule has 0 heterocycles. The highest BCUT2D eigenvalue weighted by molar-refractivity contribution is 5.79. The number of Topliss-reactive ketones (excluding diaryl/α,β-unsaturated/α-hetero) is 1. The molecule has 0 bridgehead atoms. The van der Waals surface area contributed by atoms with Crippen LogP contribution in [0.4, 0.5) is 0 Å². The third kappa shape index (κ3) is 2.10. The summed E-state index contributed by atoms with van der Waals surface area (Å²) >= 11 is 0. The Labute approximate surface area is 154 Å². The predicted octanol–water partition coefficient (Wildman–Crippen LogP) is 6.26. The minimum absolute atomic E-state index is 0.330. The normalized spacial score (nSPS) is 59.8. The Morgan fingerprint density at radius 2 is 1.56 bits per heavy atom. The lowest BCUT2D eigenvalue weighted by Gasteiger charge is -2.61. The molecule has 5 fully saturated rings. The molecule has 0 aliphatic heterocycles. The average molecular weight is 343 g/mol. The highest BCUT2D eigenvalue weighted by atomic mass is 16.1. The summed E-state index contributed by atoms with van der Waals surface area (Å²) in [6, 6.07) is 0. The molecule has 5 rings (SSSR count). The van der Waals surface area contributed by atoms with Crippen molar-refractivity contribution in [1.29, 1.82) is 0 Å². The molecular weight excluding hydrogens is 304 g/mol. The summed E-state index contributed by atoms with van der Waals surface area (Å²) in [6.07, 6.45) is 14.3. The third-order valence-electron chi connectivity index (χ3n) is 11.0. The van der Waals surface area contributed by atoms with Gasteiger partial charge >= 0.3 is 0 Å². The molecule has 0 radical (unpaired) electrons. The SMILES string of the molecule is CC(=O)C1CCC2C3CCC4C[C@@]5(CC[C@]4(C)C3CC[C@]12C)C[C@H]5C. The standard InChI is InChI=1S/C24H38O/c1-15-13-24(15)12-11-22(3)17(14-24)5-6-18-20-8-7-19(16(2)25)23(20,4)10-9-21(18)22/h15,17-21H,5-14H2,1-4H3/t15-,17?,18?,19?,20?,21?,22+,23-,24-/m1/s1. The van der Waals surface area contributed by atoms with Crippen molar-refractivity contribution in [3.8, 4) is 0 Å². The summed E-state index contributed by atoms with van der Waals surface area (Å²) in [5, 5.41) is 0. The van der Waals surface area contributed by atoms with E-state index >= 15 is 0 Å². The van der Waals surface area contributed by atoms with Crippen LogP contribution in [0.2, 0.25) is 0 Å². The fourth-order valence-corrected chi connectivity index (χ4v) is 9.22. The molecule has 25 heavy (non-hydrogen) atoms. The molecule has 5 unspecified atom stereocenters. The zero-order valence-corrected chi connectivity index (χ0v) is 16.9. The van der Waals surface area contributed by atoms with Gasteiger partial charge in [-0.05, 0) is 117 Å². The number of rotatable bonds is 1. The van der Waals surface area contributed by atoms with Crippen LogP contribution >= 0.6 is 0 Å². The van der Waals surface area contributed by atoms with E-state index in [1.54, 1.807) is 6.42 Å². The van der Waals surface area contributed by atoms with Gasteiger partial charge < -0.3 is 0 Å². The lowest BCUT2D eigenvalue weighted by molar-refractivity contribution is -0.136. The largest absolute Gasteiger partial charge is 0.300 e. The molecule has 1 heteroatoms. The van der Waals surface area contributed by atoms with Crippen molar-refractivity contribution in [2.45, 2.75) is 91.9 Å². The van der Waals surface area contributed by atoms with Crippen molar-refractivity contribution < 1.29 is 4.79 Å². The number of fused-ring (bicyclic) bond motifs is 5. The van der Waals surface area contributed by atoms with Crippen molar-refractivity contribution in [1.82, 2.24) is 0 Å². The maximum atomic E-state index is 12.3. The zero-order chi connectivity index (χ0) is 17.6. The molecule has 9 atom stereocenters. The van der Waals surface area contributed by atoms with E-state index in [1.807, 2.05) is 6.92 Å². The van der Waals surface area contributed by atoms with Gasteiger partial charge in [-0.1, -0.05) is 20.8 Å². The second kappa shape index (κ2) is 5.14. The number of carbonyl (C=O) groups is 1. The zero-order valence-electron chi connectivity index (χ0n) is 16.9. The van der Waals surface area contributed by atoms with E-state index in [-0.39, 0.29) is 0 Å². The Morgan fingerprint density at radius 3 is 2.24 bits per heavy atom. The predicted molar refractivity (Wildman–Crippen MR) is 102 cm³/mol. The molecule has 0 aromatic carbocycles. The molecule has 140 valence electrons. The van der Waals surface area contributed by atoms with Gasteiger partial charge in [0, 0.05) is 5.92 Å². The fraction of sp³-hybridized carbons (Fsp3) is 0.958. The monoisotopic (exact) mass is 342 g/mol. The van der Waals surface area contributed by atoms with E-state index in [4.69, 9.17) is 0 Å². The van der Waals surface area contributed by atoms with Crippen molar-refractivity contribution in [2.75, 3.05) is 0 Å². The first-order chi connectivity index (χ1) is 11.8. The van der Waals surface area contributed by atoms with Crippen molar-refractivity contribution >= 4 is 5.78 Å². The molecule has 5 aliphatic carbocycles. The topological polar surface area (TPSA) is 17.1 Å². The maximum Gasteiger partial charge on any atom is 0.133 e. The van der Waals surface area contributed by atoms with Gasteiger partial charge in [0.1, 0.15) is 5.78 Å². The highest BCUT2D eigenvalue weighted by Crippen LogP contribution is 2.72. The number of hydrogen-bond acceptors (Lipinski definition) is 1. The lowest BCUT2D eigenvalue weighted by atomic mass is 9.43. The van der Waals surface area contributed by atoms with Crippen LogP contribution in [-0.4, -0.2) is 5.78 Å². The van der Waals surface area contributed by atoms with Gasteiger partial charge in [0.15, 0.2) is 0 Å². The summed E-state index contributed by atoms with van der Waals surface area (Å²) in [6.45, 7) is 9.54. The highest BCUT2D eigenvalue weighted by Gasteiger charge is 2.64. The van der Waals surface area contributed by atoms with Gasteiger partial charge in [-0.2, -0.15) is 0 Å². The first-order valence-electron chi connectivity index (χ1n) is 11.3. The molecule has 0 aromatic rings. The summed E-state index contributed by atoms with van der Waals surface area (Å²) in [5.41, 5.74) is 1.72. The number of carbonyl (C=O) groups excluding carboxylic acids is 1. The molecule has 0 aromatic heterocycles. The van der Waals surface area contributed by atoms with E-state index < -0.39 is 0 Å². The van der Waals surface area contributed by atoms with Crippen LogP contribution < -0.4 is 0 Å². The van der Waals surface area contributed by atoms with Crippen LogP contribution in [0, 0.1) is 51.8 Å². The van der Waals surface area contributed by atoms with E-state index in [9.17, 15) is 4.79 Å². The maximum absolute atomic E-state index is 12.3. The van der Waals surface area contributed by atoms with Crippen LogP contribution in [-0.2, 0) is 4.79 Å². The van der Waals surface area contributed by atoms with Gasteiger partial charge in [0.2, 0.25) is 0 Å². The van der Waals surface area contributed by atoms with Crippen molar-refractivity contribution in [3.05, 3.63) is 0 Å². The Bertz CT molecular complexity index is 595. The van der Waals surface area contributed by atoms with Crippen molar-refractivity contribution in [3.63, 3.8) is 0 Å². The summed E-state index contributed by atoms with van der Waals surface area (Å²) < 4.78 is 0. The van der Waals surface area contributed by atoms with Crippen LogP contribution in [0.1, 0.15) is 91.9 Å². The summed E-state index contributed by atoms with van der Waals surface area (Å²) in [5.74, 6) is 5.58.